The Morgan fingerprint density at radius 1 is 1.24 bits per heavy atom. The van der Waals surface area contributed by atoms with Crippen molar-refractivity contribution in [2.24, 2.45) is 0 Å². The number of piperidine rings is 1. The SMILES string of the molecule is CN(C)CCCNC(=O)c1cnc(N2CCCCC2)nc1. The lowest BCUT2D eigenvalue weighted by Gasteiger charge is -2.26. The van der Waals surface area contributed by atoms with Gasteiger partial charge in [-0.05, 0) is 46.3 Å². The van der Waals surface area contributed by atoms with Crippen LogP contribution in [0.25, 0.3) is 0 Å². The second kappa shape index (κ2) is 7.93. The van der Waals surface area contributed by atoms with Crippen LogP contribution in [0.15, 0.2) is 12.4 Å². The minimum absolute atomic E-state index is 0.0982. The number of carbonyl (C=O) groups excluding carboxylic acids is 1. The summed E-state index contributed by atoms with van der Waals surface area (Å²) in [5.74, 6) is 0.637. The summed E-state index contributed by atoms with van der Waals surface area (Å²) in [5, 5.41) is 2.89. The van der Waals surface area contributed by atoms with Gasteiger partial charge in [-0.25, -0.2) is 9.97 Å². The van der Waals surface area contributed by atoms with Crippen LogP contribution in [0.1, 0.15) is 36.0 Å². The van der Waals surface area contributed by atoms with Gasteiger partial charge in [0.1, 0.15) is 0 Å². The average molecular weight is 291 g/mol. The highest BCUT2D eigenvalue weighted by Gasteiger charge is 2.14. The molecule has 0 atom stereocenters. The summed E-state index contributed by atoms with van der Waals surface area (Å²) in [6.07, 6.45) is 7.85. The monoisotopic (exact) mass is 291 g/mol. The lowest BCUT2D eigenvalue weighted by atomic mass is 10.1. The highest BCUT2D eigenvalue weighted by atomic mass is 16.1. The molecule has 1 aromatic rings. The first-order valence-electron chi connectivity index (χ1n) is 7.67. The van der Waals surface area contributed by atoms with Crippen LogP contribution < -0.4 is 10.2 Å². The molecule has 2 heterocycles. The fourth-order valence-corrected chi connectivity index (χ4v) is 2.39. The van der Waals surface area contributed by atoms with Crippen molar-refractivity contribution in [1.29, 1.82) is 0 Å². The van der Waals surface area contributed by atoms with Crippen LogP contribution in [-0.4, -0.2) is 61.0 Å². The van der Waals surface area contributed by atoms with E-state index in [4.69, 9.17) is 0 Å². The van der Waals surface area contributed by atoms with Crippen LogP contribution in [0.3, 0.4) is 0 Å². The van der Waals surface area contributed by atoms with E-state index in [0.29, 0.717) is 12.1 Å². The molecule has 0 unspecified atom stereocenters. The van der Waals surface area contributed by atoms with E-state index in [1.165, 1.54) is 19.3 Å². The van der Waals surface area contributed by atoms with Crippen molar-refractivity contribution in [3.63, 3.8) is 0 Å². The summed E-state index contributed by atoms with van der Waals surface area (Å²) < 4.78 is 0. The molecule has 1 fully saturated rings. The molecule has 1 aliphatic heterocycles. The zero-order valence-electron chi connectivity index (χ0n) is 13.0. The molecule has 0 aromatic carbocycles. The number of nitrogens with zero attached hydrogens (tertiary/aromatic N) is 4. The lowest BCUT2D eigenvalue weighted by Crippen LogP contribution is -2.31. The minimum Gasteiger partial charge on any atom is -0.352 e. The number of rotatable bonds is 6. The number of aromatic nitrogens is 2. The van der Waals surface area contributed by atoms with Crippen molar-refractivity contribution < 1.29 is 4.79 Å². The molecule has 2 rings (SSSR count). The van der Waals surface area contributed by atoms with Crippen molar-refractivity contribution in [3.05, 3.63) is 18.0 Å². The zero-order valence-corrected chi connectivity index (χ0v) is 13.0. The van der Waals surface area contributed by atoms with E-state index in [1.807, 2.05) is 14.1 Å². The molecule has 21 heavy (non-hydrogen) atoms. The summed E-state index contributed by atoms with van der Waals surface area (Å²) in [6, 6.07) is 0. The third-order valence-corrected chi connectivity index (χ3v) is 3.61. The normalized spacial score (nSPS) is 15.3. The van der Waals surface area contributed by atoms with Gasteiger partial charge in [-0.15, -0.1) is 0 Å². The van der Waals surface area contributed by atoms with Gasteiger partial charge in [0.15, 0.2) is 0 Å². The molecule has 0 aliphatic carbocycles. The average Bonchev–Trinajstić information content (AvgIpc) is 2.52. The Balaban J connectivity index is 1.82. The fourth-order valence-electron chi connectivity index (χ4n) is 2.39. The Morgan fingerprint density at radius 2 is 1.90 bits per heavy atom. The van der Waals surface area contributed by atoms with Crippen molar-refractivity contribution in [3.8, 4) is 0 Å². The maximum absolute atomic E-state index is 12.0. The predicted octanol–water partition coefficient (Wildman–Crippen LogP) is 1.15. The van der Waals surface area contributed by atoms with Crippen LogP contribution in [0, 0.1) is 0 Å². The van der Waals surface area contributed by atoms with Gasteiger partial charge in [0.2, 0.25) is 5.95 Å². The first-order valence-corrected chi connectivity index (χ1v) is 7.67. The highest BCUT2D eigenvalue weighted by Crippen LogP contribution is 2.14. The first-order chi connectivity index (χ1) is 10.2. The van der Waals surface area contributed by atoms with Gasteiger partial charge in [0.05, 0.1) is 5.56 Å². The van der Waals surface area contributed by atoms with E-state index < -0.39 is 0 Å². The Bertz CT molecular complexity index is 440. The quantitative estimate of drug-likeness (QED) is 0.797. The van der Waals surface area contributed by atoms with Gasteiger partial charge in [-0.2, -0.15) is 0 Å². The largest absolute Gasteiger partial charge is 0.352 e. The molecule has 1 aliphatic rings. The number of hydrogen-bond acceptors (Lipinski definition) is 5. The molecule has 0 bridgehead atoms. The van der Waals surface area contributed by atoms with Gasteiger partial charge >= 0.3 is 0 Å². The number of amides is 1. The third-order valence-electron chi connectivity index (χ3n) is 3.61. The van der Waals surface area contributed by atoms with Crippen molar-refractivity contribution in [1.82, 2.24) is 20.2 Å². The van der Waals surface area contributed by atoms with Crippen molar-refractivity contribution in [2.45, 2.75) is 25.7 Å². The summed E-state index contributed by atoms with van der Waals surface area (Å²) in [7, 11) is 4.05. The molecule has 1 N–H and O–H groups in total. The minimum atomic E-state index is -0.0982. The molecule has 6 heteroatoms. The molecule has 116 valence electrons. The van der Waals surface area contributed by atoms with Crippen LogP contribution in [0.2, 0.25) is 0 Å². The Hall–Kier alpha value is -1.69. The van der Waals surface area contributed by atoms with Crippen LogP contribution >= 0.6 is 0 Å². The zero-order chi connectivity index (χ0) is 15.1. The molecule has 6 nitrogen and oxygen atoms in total. The second-order valence-electron chi connectivity index (χ2n) is 5.73. The van der Waals surface area contributed by atoms with Gasteiger partial charge in [0.25, 0.3) is 5.91 Å². The van der Waals surface area contributed by atoms with Gasteiger partial charge in [0, 0.05) is 32.0 Å². The van der Waals surface area contributed by atoms with E-state index in [0.717, 1.165) is 32.0 Å². The molecule has 1 saturated heterocycles. The Labute approximate surface area is 126 Å². The Kier molecular flexibility index (Phi) is 5.92. The maximum atomic E-state index is 12.0. The molecule has 1 aromatic heterocycles. The summed E-state index contributed by atoms with van der Waals surface area (Å²) >= 11 is 0. The molecule has 0 spiro atoms. The number of nitrogens with one attached hydrogen (secondary N) is 1. The molecular weight excluding hydrogens is 266 g/mol. The first kappa shape index (κ1) is 15.7. The fraction of sp³-hybridized carbons (Fsp3) is 0.667. The molecule has 1 amide bonds. The van der Waals surface area contributed by atoms with E-state index >= 15 is 0 Å². The smallest absolute Gasteiger partial charge is 0.254 e. The van der Waals surface area contributed by atoms with Crippen LogP contribution in [0.5, 0.6) is 0 Å². The lowest BCUT2D eigenvalue weighted by molar-refractivity contribution is 0.0951. The highest BCUT2D eigenvalue weighted by molar-refractivity contribution is 5.93. The van der Waals surface area contributed by atoms with E-state index in [1.54, 1.807) is 12.4 Å². The number of carbonyl (C=O) groups is 1. The molecule has 0 radical (unpaired) electrons. The summed E-state index contributed by atoms with van der Waals surface area (Å²) in [4.78, 5) is 24.9. The van der Waals surface area contributed by atoms with Crippen molar-refractivity contribution >= 4 is 11.9 Å². The van der Waals surface area contributed by atoms with Gasteiger partial charge < -0.3 is 15.1 Å². The Morgan fingerprint density at radius 3 is 2.52 bits per heavy atom. The number of hydrogen-bond donors (Lipinski definition) is 1. The van der Waals surface area contributed by atoms with Gasteiger partial charge in [-0.1, -0.05) is 0 Å². The summed E-state index contributed by atoms with van der Waals surface area (Å²) in [6.45, 7) is 3.65. The second-order valence-corrected chi connectivity index (χ2v) is 5.73. The molecular formula is C15H25N5O. The summed E-state index contributed by atoms with van der Waals surface area (Å²) in [5.41, 5.74) is 0.528. The predicted molar refractivity (Wildman–Crippen MR) is 83.6 cm³/mol. The molecule has 0 saturated carbocycles. The van der Waals surface area contributed by atoms with E-state index in [9.17, 15) is 4.79 Å². The van der Waals surface area contributed by atoms with Gasteiger partial charge in [-0.3, -0.25) is 4.79 Å². The third kappa shape index (κ3) is 4.97. The standard InChI is InChI=1S/C15H25N5O/c1-19(2)8-6-7-16-14(21)13-11-17-15(18-12-13)20-9-4-3-5-10-20/h11-12H,3-10H2,1-2H3,(H,16,21). The van der Waals surface area contributed by atoms with E-state index in [2.05, 4.69) is 25.1 Å². The topological polar surface area (TPSA) is 61.4 Å². The number of anilines is 1. The van der Waals surface area contributed by atoms with E-state index in [-0.39, 0.29) is 5.91 Å². The van der Waals surface area contributed by atoms with Crippen LogP contribution in [-0.2, 0) is 0 Å². The van der Waals surface area contributed by atoms with Crippen molar-refractivity contribution in [2.75, 3.05) is 45.2 Å². The van der Waals surface area contributed by atoms with Crippen LogP contribution in [0.4, 0.5) is 5.95 Å². The maximum Gasteiger partial charge on any atom is 0.254 e.